The predicted molar refractivity (Wildman–Crippen MR) is 112 cm³/mol. The maximum absolute atomic E-state index is 13.5. The molecule has 32 heavy (non-hydrogen) atoms. The fourth-order valence-electron chi connectivity index (χ4n) is 3.48. The van der Waals surface area contributed by atoms with Crippen LogP contribution < -0.4 is 34.7 Å². The summed E-state index contributed by atoms with van der Waals surface area (Å²) in [5.41, 5.74) is 4.32. The number of carbonyl (C=O) groups is 1. The molecule has 164 valence electrons. The van der Waals surface area contributed by atoms with E-state index in [1.807, 2.05) is 26.8 Å². The Morgan fingerprint density at radius 1 is 1.25 bits per heavy atom. The first-order valence-electron chi connectivity index (χ1n) is 10.1. The van der Waals surface area contributed by atoms with Gasteiger partial charge in [0.05, 0.1) is 29.3 Å². The summed E-state index contributed by atoms with van der Waals surface area (Å²) in [7, 11) is 0. The number of hydrogen-bond acceptors (Lipinski definition) is 6. The molecule has 7 nitrogen and oxygen atoms in total. The molecule has 3 aromatic rings. The summed E-state index contributed by atoms with van der Waals surface area (Å²) < 4.78 is 15.2. The van der Waals surface area contributed by atoms with E-state index in [0.717, 1.165) is 17.0 Å². The van der Waals surface area contributed by atoms with Crippen LogP contribution in [0.3, 0.4) is 0 Å². The van der Waals surface area contributed by atoms with E-state index in [1.54, 1.807) is 22.7 Å². The summed E-state index contributed by atoms with van der Waals surface area (Å²) in [6, 6.07) is 7.90. The molecule has 2 N–H and O–H groups in total. The van der Waals surface area contributed by atoms with Crippen LogP contribution in [0.4, 0.5) is 4.39 Å². The molecule has 0 bridgehead atoms. The number of hydrogen-bond donors (Lipinski definition) is 2. The maximum atomic E-state index is 13.5. The number of aryl methyl sites for hydroxylation is 1. The number of nitrogens with zero attached hydrogens (tertiary/aromatic N) is 3. The molecule has 0 spiro atoms. The van der Waals surface area contributed by atoms with E-state index in [-0.39, 0.29) is 47.7 Å². The van der Waals surface area contributed by atoms with Gasteiger partial charge in [0.2, 0.25) is 0 Å². The van der Waals surface area contributed by atoms with E-state index in [2.05, 4.69) is 5.10 Å². The van der Waals surface area contributed by atoms with Crippen molar-refractivity contribution in [3.63, 3.8) is 0 Å². The Bertz CT molecular complexity index is 1110. The van der Waals surface area contributed by atoms with E-state index in [4.69, 9.17) is 4.98 Å². The van der Waals surface area contributed by atoms with E-state index in [1.165, 1.54) is 18.2 Å². The minimum absolute atomic E-state index is 0. The molecule has 2 aromatic heterocycles. The molecule has 2 heterocycles. The van der Waals surface area contributed by atoms with Crippen molar-refractivity contribution in [1.29, 1.82) is 0 Å². The van der Waals surface area contributed by atoms with Crippen molar-refractivity contribution in [2.75, 3.05) is 0 Å². The van der Waals surface area contributed by atoms with Crippen molar-refractivity contribution in [2.45, 2.75) is 51.7 Å². The Morgan fingerprint density at radius 2 is 1.91 bits per heavy atom. The SMILES string of the molecule is Cc1cc2nc(C(C)C)c(/C=C/[C@@H](O)C[C@@H](O)CC(=O)[O-])c(-c3ccc(F)cc3)n2n1.[Na+]. The summed E-state index contributed by atoms with van der Waals surface area (Å²) in [4.78, 5) is 15.4. The van der Waals surface area contributed by atoms with Crippen molar-refractivity contribution in [1.82, 2.24) is 14.6 Å². The molecule has 1 aromatic carbocycles. The largest absolute Gasteiger partial charge is 1.00 e. The summed E-state index contributed by atoms with van der Waals surface area (Å²) >= 11 is 0. The second-order valence-corrected chi connectivity index (χ2v) is 7.87. The number of halogens is 1. The molecule has 2 atom stereocenters. The molecule has 0 radical (unpaired) electrons. The Hall–Kier alpha value is -2.10. The van der Waals surface area contributed by atoms with Gasteiger partial charge in [-0.1, -0.05) is 26.0 Å². The first-order chi connectivity index (χ1) is 14.7. The molecule has 3 rings (SSSR count). The monoisotopic (exact) mass is 449 g/mol. The van der Waals surface area contributed by atoms with Gasteiger partial charge < -0.3 is 20.1 Å². The van der Waals surface area contributed by atoms with Crippen LogP contribution in [-0.4, -0.2) is 43.0 Å². The zero-order chi connectivity index (χ0) is 22.7. The third kappa shape index (κ3) is 6.24. The normalized spacial score (nSPS) is 13.5. The van der Waals surface area contributed by atoms with Crippen molar-refractivity contribution < 1.29 is 54.1 Å². The number of carboxylic acids is 1. The number of benzene rings is 1. The molecule has 0 amide bonds. The minimum atomic E-state index is -1.38. The van der Waals surface area contributed by atoms with E-state index < -0.39 is 24.6 Å². The number of carbonyl (C=O) groups excluding carboxylic acids is 1. The number of aromatic nitrogens is 3. The first kappa shape index (κ1) is 26.2. The minimum Gasteiger partial charge on any atom is -0.550 e. The Morgan fingerprint density at radius 3 is 2.50 bits per heavy atom. The van der Waals surface area contributed by atoms with Crippen LogP contribution in [-0.2, 0) is 4.79 Å². The van der Waals surface area contributed by atoms with Gasteiger partial charge in [0, 0.05) is 36.0 Å². The Kier molecular flexibility index (Phi) is 9.12. The molecular weight excluding hydrogens is 424 g/mol. The van der Waals surface area contributed by atoms with Gasteiger partial charge in [-0.25, -0.2) is 13.9 Å². The van der Waals surface area contributed by atoms with Crippen LogP contribution >= 0.6 is 0 Å². The van der Waals surface area contributed by atoms with E-state index in [0.29, 0.717) is 16.9 Å². The zero-order valence-electron chi connectivity index (χ0n) is 18.6. The third-order valence-electron chi connectivity index (χ3n) is 4.86. The second kappa shape index (κ2) is 11.2. The Labute approximate surface area is 207 Å². The molecule has 0 unspecified atom stereocenters. The van der Waals surface area contributed by atoms with Gasteiger partial charge in [0.25, 0.3) is 0 Å². The van der Waals surface area contributed by atoms with Crippen molar-refractivity contribution in [3.8, 4) is 11.3 Å². The van der Waals surface area contributed by atoms with Crippen molar-refractivity contribution >= 4 is 17.7 Å². The van der Waals surface area contributed by atoms with Crippen LogP contribution in [0.2, 0.25) is 0 Å². The van der Waals surface area contributed by atoms with Gasteiger partial charge in [-0.2, -0.15) is 5.10 Å². The number of carboxylic acid groups (broad SMARTS) is 1. The summed E-state index contributed by atoms with van der Waals surface area (Å²) in [5.74, 6) is -1.70. The van der Waals surface area contributed by atoms with Crippen LogP contribution in [0.1, 0.15) is 49.6 Å². The molecule has 0 aliphatic carbocycles. The molecule has 0 aliphatic heterocycles. The van der Waals surface area contributed by atoms with Crippen molar-refractivity contribution in [2.24, 2.45) is 0 Å². The predicted octanol–water partition coefficient (Wildman–Crippen LogP) is -0.764. The fourth-order valence-corrected chi connectivity index (χ4v) is 3.48. The van der Waals surface area contributed by atoms with Crippen molar-refractivity contribution in [3.05, 3.63) is 59.2 Å². The summed E-state index contributed by atoms with van der Waals surface area (Å²) in [6.45, 7) is 5.85. The van der Waals surface area contributed by atoms with Gasteiger partial charge in [-0.05, 0) is 37.1 Å². The average Bonchev–Trinajstić information content (AvgIpc) is 3.05. The van der Waals surface area contributed by atoms with Crippen LogP contribution in [0.5, 0.6) is 0 Å². The molecule has 0 aliphatic rings. The second-order valence-electron chi connectivity index (χ2n) is 7.87. The zero-order valence-corrected chi connectivity index (χ0v) is 20.6. The van der Waals surface area contributed by atoms with E-state index >= 15 is 0 Å². The van der Waals surface area contributed by atoms with Gasteiger partial charge in [0.15, 0.2) is 5.65 Å². The molecule has 0 saturated heterocycles. The molecule has 0 fully saturated rings. The van der Waals surface area contributed by atoms with Crippen LogP contribution in [0, 0.1) is 12.7 Å². The van der Waals surface area contributed by atoms with E-state index in [9.17, 15) is 24.5 Å². The Balaban J connectivity index is 0.00000363. The number of aliphatic carboxylic acids is 1. The number of fused-ring (bicyclic) bond motifs is 1. The summed E-state index contributed by atoms with van der Waals surface area (Å²) in [5, 5.41) is 35.2. The third-order valence-corrected chi connectivity index (χ3v) is 4.86. The van der Waals surface area contributed by atoms with Gasteiger partial charge >= 0.3 is 29.6 Å². The van der Waals surface area contributed by atoms with Gasteiger partial charge in [0.1, 0.15) is 5.82 Å². The smallest absolute Gasteiger partial charge is 0.550 e. The van der Waals surface area contributed by atoms with Crippen LogP contribution in [0.15, 0.2) is 36.4 Å². The first-order valence-corrected chi connectivity index (χ1v) is 10.1. The maximum Gasteiger partial charge on any atom is 1.00 e. The fraction of sp³-hybridized carbons (Fsp3) is 0.348. The molecular formula is C23H25FN3NaO4. The van der Waals surface area contributed by atoms with Gasteiger partial charge in [-0.15, -0.1) is 0 Å². The van der Waals surface area contributed by atoms with Gasteiger partial charge in [-0.3, -0.25) is 0 Å². The topological polar surface area (TPSA) is 111 Å². The molecule has 0 saturated carbocycles. The van der Waals surface area contributed by atoms with Crippen LogP contribution in [0.25, 0.3) is 23.0 Å². The number of rotatable bonds is 8. The summed E-state index contributed by atoms with van der Waals surface area (Å²) in [6.07, 6.45) is 0.169. The molecule has 9 heteroatoms. The standard InChI is InChI=1S/C23H26FN3O4.Na/c1-13(2)22-19(9-8-17(28)11-18(29)12-21(30)31)23(15-4-6-16(24)7-5-15)27-20(25-22)10-14(3)26-27;/h4-10,13,17-18,28-29H,11-12H2,1-3H3,(H,30,31);/q;+1/p-1/b9-8+;/t17-,18-;/m1./s1. The quantitative estimate of drug-likeness (QED) is 0.438. The average molecular weight is 449 g/mol. The number of aliphatic hydroxyl groups is 2. The number of aliphatic hydroxyl groups excluding tert-OH is 2.